The van der Waals surface area contributed by atoms with E-state index < -0.39 is 0 Å². The highest BCUT2D eigenvalue weighted by Gasteiger charge is 2.07. The number of aryl methyl sites for hydroxylation is 1. The van der Waals surface area contributed by atoms with Crippen LogP contribution in [0.2, 0.25) is 0 Å². The number of carbonyl (C=O) groups excluding carboxylic acids is 1. The highest BCUT2D eigenvalue weighted by atomic mass is 16.5. The average molecular weight is 280 g/mol. The zero-order valence-electron chi connectivity index (χ0n) is 11.8. The number of para-hydroxylation sites is 2. The lowest BCUT2D eigenvalue weighted by molar-refractivity contribution is -0.116. The van der Waals surface area contributed by atoms with Gasteiger partial charge in [0.1, 0.15) is 11.8 Å². The van der Waals surface area contributed by atoms with E-state index in [-0.39, 0.29) is 12.3 Å². The summed E-state index contributed by atoms with van der Waals surface area (Å²) in [5, 5.41) is 11.7. The van der Waals surface area contributed by atoms with Gasteiger partial charge in [-0.2, -0.15) is 5.26 Å². The molecule has 0 aliphatic rings. The van der Waals surface area contributed by atoms with Crippen molar-refractivity contribution in [2.75, 3.05) is 11.9 Å². The Balaban J connectivity index is 1.86. The summed E-state index contributed by atoms with van der Waals surface area (Å²) < 4.78 is 5.58. The monoisotopic (exact) mass is 280 g/mol. The molecule has 0 bridgehead atoms. The average Bonchev–Trinajstić information content (AvgIpc) is 2.50. The Hall–Kier alpha value is -2.80. The van der Waals surface area contributed by atoms with Gasteiger partial charge in [-0.1, -0.05) is 30.3 Å². The predicted octanol–water partition coefficient (Wildman–Crippen LogP) is 3.27. The first-order chi connectivity index (χ1) is 10.2. The van der Waals surface area contributed by atoms with Crippen molar-refractivity contribution in [3.8, 4) is 11.8 Å². The number of nitrogens with zero attached hydrogens (tertiary/aromatic N) is 1. The molecular weight excluding hydrogens is 264 g/mol. The molecule has 1 amide bonds. The molecule has 0 aromatic heterocycles. The largest absolute Gasteiger partial charge is 0.493 e. The van der Waals surface area contributed by atoms with Crippen LogP contribution in [0.4, 0.5) is 5.69 Å². The highest BCUT2D eigenvalue weighted by molar-refractivity contribution is 5.92. The van der Waals surface area contributed by atoms with Gasteiger partial charge in [-0.3, -0.25) is 4.79 Å². The van der Waals surface area contributed by atoms with Crippen LogP contribution in [0.25, 0.3) is 0 Å². The fraction of sp³-hybridized carbons (Fsp3) is 0.176. The lowest BCUT2D eigenvalue weighted by Crippen LogP contribution is -2.16. The van der Waals surface area contributed by atoms with E-state index in [1.807, 2.05) is 37.3 Å². The van der Waals surface area contributed by atoms with Crippen molar-refractivity contribution in [1.29, 1.82) is 5.26 Å². The Bertz CT molecular complexity index is 674. The maximum atomic E-state index is 11.9. The van der Waals surface area contributed by atoms with Crippen LogP contribution in [0, 0.1) is 18.3 Å². The number of nitrogens with one attached hydrogen (secondary N) is 1. The molecule has 21 heavy (non-hydrogen) atoms. The molecule has 0 spiro atoms. The number of carbonyl (C=O) groups is 1. The second-order valence-electron chi connectivity index (χ2n) is 4.57. The number of hydrogen-bond acceptors (Lipinski definition) is 3. The van der Waals surface area contributed by atoms with E-state index in [1.54, 1.807) is 24.3 Å². The van der Waals surface area contributed by atoms with Gasteiger partial charge in [0, 0.05) is 0 Å². The van der Waals surface area contributed by atoms with Gasteiger partial charge in [0.25, 0.3) is 0 Å². The minimum absolute atomic E-state index is 0.175. The number of anilines is 1. The zero-order chi connectivity index (χ0) is 15.1. The summed E-state index contributed by atoms with van der Waals surface area (Å²) in [7, 11) is 0. The quantitative estimate of drug-likeness (QED) is 0.914. The molecule has 2 aromatic carbocycles. The number of nitriles is 1. The van der Waals surface area contributed by atoms with Crippen LogP contribution < -0.4 is 10.1 Å². The first-order valence-electron chi connectivity index (χ1n) is 6.68. The van der Waals surface area contributed by atoms with Gasteiger partial charge in [-0.05, 0) is 30.7 Å². The van der Waals surface area contributed by atoms with Crippen LogP contribution in [0.15, 0.2) is 48.5 Å². The molecule has 0 fully saturated rings. The Kier molecular flexibility index (Phi) is 4.94. The Morgan fingerprint density at radius 1 is 1.19 bits per heavy atom. The third kappa shape index (κ3) is 4.08. The lowest BCUT2D eigenvalue weighted by atomic mass is 10.2. The van der Waals surface area contributed by atoms with Crippen LogP contribution in [0.3, 0.4) is 0 Å². The van der Waals surface area contributed by atoms with Crippen LogP contribution in [0.1, 0.15) is 17.5 Å². The fourth-order valence-electron chi connectivity index (χ4n) is 1.87. The normalized spacial score (nSPS) is 9.71. The number of benzene rings is 2. The van der Waals surface area contributed by atoms with Gasteiger partial charge < -0.3 is 10.1 Å². The molecule has 0 aliphatic carbocycles. The molecule has 0 unspecified atom stereocenters. The smallest absolute Gasteiger partial charge is 0.227 e. The molecule has 106 valence electrons. The first kappa shape index (κ1) is 14.6. The first-order valence-corrected chi connectivity index (χ1v) is 6.68. The summed E-state index contributed by atoms with van der Waals surface area (Å²) >= 11 is 0. The van der Waals surface area contributed by atoms with Gasteiger partial charge in [0.05, 0.1) is 24.3 Å². The fourth-order valence-corrected chi connectivity index (χ4v) is 1.87. The van der Waals surface area contributed by atoms with Crippen LogP contribution in [-0.4, -0.2) is 12.5 Å². The van der Waals surface area contributed by atoms with Crippen LogP contribution in [0.5, 0.6) is 5.75 Å². The van der Waals surface area contributed by atoms with Crippen molar-refractivity contribution in [2.24, 2.45) is 0 Å². The second-order valence-corrected chi connectivity index (χ2v) is 4.57. The van der Waals surface area contributed by atoms with E-state index in [0.29, 0.717) is 17.9 Å². The summed E-state index contributed by atoms with van der Waals surface area (Å²) in [6.45, 7) is 2.25. The van der Waals surface area contributed by atoms with Gasteiger partial charge in [0.15, 0.2) is 0 Å². The second kappa shape index (κ2) is 7.11. The van der Waals surface area contributed by atoms with Crippen molar-refractivity contribution in [3.05, 3.63) is 59.7 Å². The summed E-state index contributed by atoms with van der Waals surface area (Å²) in [6, 6.07) is 16.6. The maximum absolute atomic E-state index is 11.9. The highest BCUT2D eigenvalue weighted by Crippen LogP contribution is 2.17. The van der Waals surface area contributed by atoms with E-state index in [4.69, 9.17) is 10.00 Å². The molecule has 0 heterocycles. The molecule has 0 saturated carbocycles. The van der Waals surface area contributed by atoms with Crippen molar-refractivity contribution >= 4 is 11.6 Å². The van der Waals surface area contributed by atoms with E-state index in [9.17, 15) is 4.79 Å². The van der Waals surface area contributed by atoms with Crippen molar-refractivity contribution in [3.63, 3.8) is 0 Å². The third-order valence-electron chi connectivity index (χ3n) is 3.00. The van der Waals surface area contributed by atoms with Crippen LogP contribution >= 0.6 is 0 Å². The van der Waals surface area contributed by atoms with Crippen molar-refractivity contribution in [2.45, 2.75) is 13.3 Å². The minimum Gasteiger partial charge on any atom is -0.493 e. The standard InChI is InChI=1S/C17H16N2O2/c1-13-6-2-5-9-16(13)21-11-10-17(20)19-15-8-4-3-7-14(15)12-18/h2-9H,10-11H2,1H3,(H,19,20). The molecule has 4 heteroatoms. The number of ether oxygens (including phenoxy) is 1. The Morgan fingerprint density at radius 2 is 1.90 bits per heavy atom. The molecule has 0 radical (unpaired) electrons. The van der Waals surface area contributed by atoms with E-state index in [1.165, 1.54) is 0 Å². The van der Waals surface area contributed by atoms with E-state index in [0.717, 1.165) is 11.3 Å². The van der Waals surface area contributed by atoms with Gasteiger partial charge in [-0.15, -0.1) is 0 Å². The lowest BCUT2D eigenvalue weighted by Gasteiger charge is -2.09. The number of hydrogen-bond donors (Lipinski definition) is 1. The third-order valence-corrected chi connectivity index (χ3v) is 3.00. The summed E-state index contributed by atoms with van der Waals surface area (Å²) in [5.74, 6) is 0.606. The van der Waals surface area contributed by atoms with E-state index >= 15 is 0 Å². The Morgan fingerprint density at radius 3 is 2.67 bits per heavy atom. The number of rotatable bonds is 5. The van der Waals surface area contributed by atoms with Gasteiger partial charge >= 0.3 is 0 Å². The predicted molar refractivity (Wildman–Crippen MR) is 81.1 cm³/mol. The molecule has 0 saturated heterocycles. The molecule has 0 atom stereocenters. The van der Waals surface area contributed by atoms with Gasteiger partial charge in [-0.25, -0.2) is 0 Å². The Labute approximate surface area is 124 Å². The maximum Gasteiger partial charge on any atom is 0.227 e. The summed E-state index contributed by atoms with van der Waals surface area (Å²) in [5.41, 5.74) is 2.01. The van der Waals surface area contributed by atoms with Crippen molar-refractivity contribution < 1.29 is 9.53 Å². The molecule has 4 nitrogen and oxygen atoms in total. The van der Waals surface area contributed by atoms with Crippen molar-refractivity contribution in [1.82, 2.24) is 0 Å². The summed E-state index contributed by atoms with van der Waals surface area (Å²) in [6.07, 6.45) is 0.230. The molecule has 0 aliphatic heterocycles. The minimum atomic E-state index is -0.175. The molecule has 1 N–H and O–H groups in total. The molecular formula is C17H16N2O2. The molecule has 2 aromatic rings. The molecule has 2 rings (SSSR count). The SMILES string of the molecule is Cc1ccccc1OCCC(=O)Nc1ccccc1C#N. The zero-order valence-corrected chi connectivity index (χ0v) is 11.8. The van der Waals surface area contributed by atoms with Gasteiger partial charge in [0.2, 0.25) is 5.91 Å². The topological polar surface area (TPSA) is 62.1 Å². The summed E-state index contributed by atoms with van der Waals surface area (Å²) in [4.78, 5) is 11.9. The van der Waals surface area contributed by atoms with E-state index in [2.05, 4.69) is 5.32 Å². The number of amides is 1. The van der Waals surface area contributed by atoms with Crippen LogP contribution in [-0.2, 0) is 4.79 Å².